The number of carbonyl (C=O) groups excluding carboxylic acids is 1. The minimum Gasteiger partial charge on any atom is -0.506 e. The van der Waals surface area contributed by atoms with Crippen LogP contribution in [0.2, 0.25) is 0 Å². The van der Waals surface area contributed by atoms with Crippen molar-refractivity contribution in [3.8, 4) is 28.4 Å². The van der Waals surface area contributed by atoms with Gasteiger partial charge in [0.25, 0.3) is 0 Å². The smallest absolute Gasteiger partial charge is 0.341 e. The van der Waals surface area contributed by atoms with Crippen LogP contribution in [-0.2, 0) is 14.8 Å². The van der Waals surface area contributed by atoms with Crippen molar-refractivity contribution in [1.82, 2.24) is 5.32 Å². The number of nitrogens with one attached hydrogen (secondary N) is 2. The Morgan fingerprint density at radius 2 is 1.67 bits per heavy atom. The molecule has 3 aromatic rings. The maximum Gasteiger partial charge on any atom is 0.341 e. The first-order chi connectivity index (χ1) is 18.6. The summed E-state index contributed by atoms with van der Waals surface area (Å²) in [7, 11) is -3.57. The fraction of sp³-hybridized carbons (Fsp3) is 0.321. The number of hydrogen-bond donors (Lipinski definition) is 4. The molecule has 0 aliphatic carbocycles. The van der Waals surface area contributed by atoms with Crippen molar-refractivity contribution in [3.05, 3.63) is 71.8 Å². The third-order valence-corrected chi connectivity index (χ3v) is 6.14. The van der Waals surface area contributed by atoms with Crippen molar-refractivity contribution in [2.75, 3.05) is 43.9 Å². The number of phenols is 1. The van der Waals surface area contributed by atoms with Gasteiger partial charge in [-0.3, -0.25) is 4.72 Å². The largest absolute Gasteiger partial charge is 0.506 e. The Kier molecular flexibility index (Phi) is 10.6. The number of sulfonamides is 1. The quantitative estimate of drug-likeness (QED) is 0.132. The van der Waals surface area contributed by atoms with E-state index in [-0.39, 0.29) is 24.6 Å². The molecule has 1 atom stereocenters. The Morgan fingerprint density at radius 3 is 2.33 bits per heavy atom. The predicted octanol–water partition coefficient (Wildman–Crippen LogP) is 3.71. The van der Waals surface area contributed by atoms with Gasteiger partial charge in [0, 0.05) is 13.1 Å². The number of phenolic OH excluding ortho intramolecular Hbond substituents is 1. The molecule has 39 heavy (non-hydrogen) atoms. The maximum absolute atomic E-state index is 12.2. The van der Waals surface area contributed by atoms with Gasteiger partial charge in [0.15, 0.2) is 0 Å². The van der Waals surface area contributed by atoms with Crippen molar-refractivity contribution in [2.24, 2.45) is 0 Å². The Balaban J connectivity index is 1.51. The summed E-state index contributed by atoms with van der Waals surface area (Å²) in [6.45, 7) is 5.33. The molecule has 0 saturated heterocycles. The molecule has 0 amide bonds. The monoisotopic (exact) mass is 558 g/mol. The lowest BCUT2D eigenvalue weighted by Crippen LogP contribution is -2.26. The van der Waals surface area contributed by atoms with Gasteiger partial charge in [-0.2, -0.15) is 0 Å². The van der Waals surface area contributed by atoms with Crippen LogP contribution in [0.25, 0.3) is 11.1 Å². The molecule has 4 N–H and O–H groups in total. The highest BCUT2D eigenvalue weighted by Gasteiger charge is 2.15. The van der Waals surface area contributed by atoms with Crippen molar-refractivity contribution in [3.63, 3.8) is 0 Å². The second-order valence-electron chi connectivity index (χ2n) is 8.61. The molecular weight excluding hydrogens is 524 g/mol. The first-order valence-corrected chi connectivity index (χ1v) is 14.4. The van der Waals surface area contributed by atoms with E-state index in [1.54, 1.807) is 13.0 Å². The Hall–Kier alpha value is -3.80. The van der Waals surface area contributed by atoms with E-state index in [1.807, 2.05) is 43.3 Å². The van der Waals surface area contributed by atoms with Gasteiger partial charge in [0.1, 0.15) is 29.4 Å². The van der Waals surface area contributed by atoms with Crippen LogP contribution in [0.1, 0.15) is 35.9 Å². The van der Waals surface area contributed by atoms with Crippen LogP contribution in [0.4, 0.5) is 5.69 Å². The van der Waals surface area contributed by atoms with Crippen LogP contribution in [0.3, 0.4) is 0 Å². The topological polar surface area (TPSA) is 143 Å². The lowest BCUT2D eigenvalue weighted by atomic mass is 10.0. The predicted molar refractivity (Wildman–Crippen MR) is 149 cm³/mol. The molecule has 1 unspecified atom stereocenters. The van der Waals surface area contributed by atoms with Gasteiger partial charge in [-0.25, -0.2) is 13.2 Å². The first kappa shape index (κ1) is 29.8. The zero-order chi connectivity index (χ0) is 28.4. The zero-order valence-electron chi connectivity index (χ0n) is 22.1. The number of aliphatic hydroxyl groups is 1. The number of aromatic hydroxyl groups is 1. The lowest BCUT2D eigenvalue weighted by molar-refractivity contribution is 0.0522. The molecule has 0 aliphatic rings. The van der Waals surface area contributed by atoms with Crippen molar-refractivity contribution in [2.45, 2.75) is 20.0 Å². The summed E-state index contributed by atoms with van der Waals surface area (Å²) in [5.41, 5.74) is 2.66. The standard InChI is InChI=1S/C28H34N2O8S/c1-4-36-27-17-20(8-12-23(27)28(33)37-5-2)19-6-10-22(11-7-19)38-15-14-29-18-26(32)21-9-13-25(31)24(16-21)30-39(3,34)35/h6-13,16-17,26,29-32H,4-5,14-15,18H2,1-3H3. The van der Waals surface area contributed by atoms with Crippen LogP contribution >= 0.6 is 0 Å². The molecule has 0 fully saturated rings. The van der Waals surface area contributed by atoms with E-state index in [2.05, 4.69) is 10.0 Å². The third-order valence-electron chi connectivity index (χ3n) is 5.55. The first-order valence-electron chi connectivity index (χ1n) is 12.5. The Bertz CT molecular complexity index is 1360. The summed E-state index contributed by atoms with van der Waals surface area (Å²) in [5, 5.41) is 23.3. The average molecular weight is 559 g/mol. The van der Waals surface area contributed by atoms with E-state index in [9.17, 15) is 23.4 Å². The van der Waals surface area contributed by atoms with E-state index >= 15 is 0 Å². The molecule has 0 bridgehead atoms. The molecule has 0 radical (unpaired) electrons. The Labute approximate surface area is 228 Å². The molecular formula is C28H34N2O8S. The zero-order valence-corrected chi connectivity index (χ0v) is 23.0. The van der Waals surface area contributed by atoms with Crippen LogP contribution in [0, 0.1) is 0 Å². The number of anilines is 1. The van der Waals surface area contributed by atoms with Gasteiger partial charge in [-0.1, -0.05) is 24.3 Å². The van der Waals surface area contributed by atoms with Crippen molar-refractivity contribution >= 4 is 21.7 Å². The number of carbonyl (C=O) groups is 1. The molecule has 0 spiro atoms. The van der Waals surface area contributed by atoms with Gasteiger partial charge in [-0.15, -0.1) is 0 Å². The number of aliphatic hydroxyl groups excluding tert-OH is 1. The fourth-order valence-corrected chi connectivity index (χ4v) is 4.30. The number of rotatable bonds is 14. The molecule has 0 aromatic heterocycles. The van der Waals surface area contributed by atoms with Crippen LogP contribution in [-0.4, -0.2) is 63.8 Å². The van der Waals surface area contributed by atoms with E-state index in [0.717, 1.165) is 17.4 Å². The lowest BCUT2D eigenvalue weighted by Gasteiger charge is -2.15. The molecule has 0 saturated carbocycles. The normalized spacial score (nSPS) is 12.0. The van der Waals surface area contributed by atoms with Gasteiger partial charge < -0.3 is 29.7 Å². The van der Waals surface area contributed by atoms with Gasteiger partial charge in [0.2, 0.25) is 10.0 Å². The third kappa shape index (κ3) is 8.88. The molecule has 3 rings (SSSR count). The van der Waals surface area contributed by atoms with E-state index < -0.39 is 22.1 Å². The average Bonchev–Trinajstić information content (AvgIpc) is 2.89. The highest BCUT2D eigenvalue weighted by atomic mass is 32.2. The second kappa shape index (κ2) is 13.8. The van der Waals surface area contributed by atoms with Crippen LogP contribution in [0.5, 0.6) is 17.2 Å². The van der Waals surface area contributed by atoms with E-state index in [1.165, 1.54) is 18.2 Å². The number of benzene rings is 3. The molecule has 0 heterocycles. The van der Waals surface area contributed by atoms with E-state index in [0.29, 0.717) is 42.4 Å². The summed E-state index contributed by atoms with van der Waals surface area (Å²) < 4.78 is 41.6. The number of ether oxygens (including phenoxy) is 3. The van der Waals surface area contributed by atoms with Crippen molar-refractivity contribution in [1.29, 1.82) is 0 Å². The minimum atomic E-state index is -3.57. The van der Waals surface area contributed by atoms with Gasteiger partial charge in [0.05, 0.1) is 31.3 Å². The van der Waals surface area contributed by atoms with E-state index in [4.69, 9.17) is 14.2 Å². The highest BCUT2D eigenvalue weighted by Crippen LogP contribution is 2.30. The maximum atomic E-state index is 12.2. The summed E-state index contributed by atoms with van der Waals surface area (Å²) >= 11 is 0. The Morgan fingerprint density at radius 1 is 0.949 bits per heavy atom. The second-order valence-corrected chi connectivity index (χ2v) is 10.4. The van der Waals surface area contributed by atoms with Gasteiger partial charge in [-0.05, 0) is 66.9 Å². The summed E-state index contributed by atoms with van der Waals surface area (Å²) in [5.74, 6) is 0.489. The molecule has 210 valence electrons. The molecule has 10 nitrogen and oxygen atoms in total. The SMILES string of the molecule is CCOC(=O)c1ccc(-c2ccc(OCCNCC(O)c3ccc(O)c(NS(C)(=O)=O)c3)cc2)cc1OCC. The number of esters is 1. The molecule has 11 heteroatoms. The van der Waals surface area contributed by atoms with Crippen LogP contribution < -0.4 is 19.5 Å². The van der Waals surface area contributed by atoms with Crippen molar-refractivity contribution < 1.29 is 37.6 Å². The molecule has 0 aliphatic heterocycles. The minimum absolute atomic E-state index is 0.00452. The summed E-state index contributed by atoms with van der Waals surface area (Å²) in [6, 6.07) is 17.1. The van der Waals surface area contributed by atoms with Crippen LogP contribution in [0.15, 0.2) is 60.7 Å². The highest BCUT2D eigenvalue weighted by molar-refractivity contribution is 7.92. The summed E-state index contributed by atoms with van der Waals surface area (Å²) in [4.78, 5) is 12.2. The fourth-order valence-electron chi connectivity index (χ4n) is 3.74. The van der Waals surface area contributed by atoms with Gasteiger partial charge >= 0.3 is 5.97 Å². The molecule has 3 aromatic carbocycles. The number of hydrogen-bond acceptors (Lipinski definition) is 9. The summed E-state index contributed by atoms with van der Waals surface area (Å²) in [6.07, 6.45) is 0.0648.